The molecule has 838 valence electrons. The van der Waals surface area contributed by atoms with Crippen LogP contribution in [-0.4, -0.2) is 128 Å². The number of aliphatic imine (C=N–C) groups is 3. The van der Waals surface area contributed by atoms with E-state index in [-0.39, 0.29) is 23.8 Å². The molecular formula is C119H257N21. The highest BCUT2D eigenvalue weighted by atomic mass is 15.3. The lowest BCUT2D eigenvalue weighted by Crippen LogP contribution is -2.61. The van der Waals surface area contributed by atoms with Crippen LogP contribution in [0.5, 0.6) is 0 Å². The first-order valence-electron chi connectivity index (χ1n) is 58.2. The molecule has 0 aromatic heterocycles. The quantitative estimate of drug-likeness (QED) is 0.0475. The zero-order valence-electron chi connectivity index (χ0n) is 101. The zero-order chi connectivity index (χ0) is 109. The second-order valence-corrected chi connectivity index (χ2v) is 57.0. The van der Waals surface area contributed by atoms with Crippen molar-refractivity contribution in [3.05, 3.63) is 0 Å². The predicted octanol–water partition coefficient (Wildman–Crippen LogP) is 25.6. The van der Waals surface area contributed by atoms with Gasteiger partial charge in [0.2, 0.25) is 0 Å². The number of hydrogen-bond donors (Lipinski definition) is 17. The van der Waals surface area contributed by atoms with Crippen LogP contribution in [0.4, 0.5) is 0 Å². The fraction of sp³-hybridized carbons (Fsp3) is 0.966. The SMILES string of the molecule is CC.CC.CC.CC.CC(C)(C)C1CC2(CNC2)C1.CC(C)(C)CC1CC(N)C1.CC(C)(C)CC1CC(N=C(N)N)C1.CC(C)(C)CCC1CC(N)C1.CC(C)(C)CCC1CC(N)C1.CC(C)(C)CCC1CC(N)C1.CC(C)(C)CCC1CC(N)C1.CC(C)(C)CCC1CC(N)C1.CC(C)(C)CCC1CN(C(=N)N)C1.CC1CC(N)C1.CC1CC(N=C(N)N)C1.CC1CC(N=C(N)N)C1.C[C@H]1CCNC1. The maximum absolute atomic E-state index is 7.20. The van der Waals surface area contributed by atoms with Gasteiger partial charge in [0.15, 0.2) is 23.8 Å². The maximum atomic E-state index is 7.20. The number of hydrogen-bond acceptors (Lipinski definition) is 13. The largest absolute Gasteiger partial charge is 0.370 e. The van der Waals surface area contributed by atoms with Gasteiger partial charge in [-0.3, -0.25) is 20.4 Å². The van der Waals surface area contributed by atoms with Gasteiger partial charge in [0.25, 0.3) is 0 Å². The molecule has 14 aliphatic rings. The van der Waals surface area contributed by atoms with Crippen molar-refractivity contribution in [1.82, 2.24) is 15.5 Å². The highest BCUT2D eigenvalue weighted by Crippen LogP contribution is 2.55. The molecule has 0 bridgehead atoms. The Morgan fingerprint density at radius 2 is 0.514 bits per heavy atom. The normalized spacial score (nSPS) is 29.3. The molecule has 11 aliphatic carbocycles. The molecule has 0 amide bonds. The molecule has 0 aromatic rings. The molecule has 14 rings (SSSR count). The monoisotopic (exact) mass is 1980 g/mol. The summed E-state index contributed by atoms with van der Waals surface area (Å²) in [5.41, 5.74) is 81.6. The lowest BCUT2D eigenvalue weighted by molar-refractivity contribution is -0.0503. The van der Waals surface area contributed by atoms with E-state index in [1.54, 1.807) is 0 Å². The van der Waals surface area contributed by atoms with E-state index in [2.05, 4.69) is 240 Å². The highest BCUT2D eigenvalue weighted by molar-refractivity contribution is 5.77. The molecule has 31 N–H and O–H groups in total. The van der Waals surface area contributed by atoms with Gasteiger partial charge in [-0.2, -0.15) is 0 Å². The number of nitrogens with zero attached hydrogens (tertiary/aromatic N) is 4. The number of rotatable bonds is 17. The van der Waals surface area contributed by atoms with Crippen LogP contribution in [-0.2, 0) is 0 Å². The first-order valence-corrected chi connectivity index (χ1v) is 58.2. The van der Waals surface area contributed by atoms with Crippen LogP contribution in [0, 0.1) is 136 Å². The van der Waals surface area contributed by atoms with Crippen molar-refractivity contribution in [1.29, 1.82) is 5.41 Å². The fourth-order valence-electron chi connectivity index (χ4n) is 20.2. The predicted molar refractivity (Wildman–Crippen MR) is 626 cm³/mol. The fourth-order valence-corrected chi connectivity index (χ4v) is 20.2. The average molecular weight is 1980 g/mol. The molecule has 0 aromatic carbocycles. The lowest BCUT2D eigenvalue weighted by atomic mass is 9.52. The third kappa shape index (κ3) is 76.3. The first kappa shape index (κ1) is 141. The summed E-state index contributed by atoms with van der Waals surface area (Å²) in [6.45, 7) is 94.3. The van der Waals surface area contributed by atoms with Crippen LogP contribution >= 0.6 is 0 Å². The van der Waals surface area contributed by atoms with Crippen LogP contribution in [0.25, 0.3) is 0 Å². The first-order chi connectivity index (χ1) is 64.1. The van der Waals surface area contributed by atoms with Crippen LogP contribution in [0.2, 0.25) is 0 Å². The molecule has 21 nitrogen and oxygen atoms in total. The molecule has 14 fully saturated rings. The Kier molecular flexibility index (Phi) is 69.6. The van der Waals surface area contributed by atoms with Crippen molar-refractivity contribution in [3.8, 4) is 0 Å². The van der Waals surface area contributed by atoms with Gasteiger partial charge in [0, 0.05) is 68.5 Å². The van der Waals surface area contributed by atoms with E-state index in [0.717, 1.165) is 134 Å². The average Bonchev–Trinajstić information content (AvgIpc) is 0.754. The van der Waals surface area contributed by atoms with Gasteiger partial charge in [0.05, 0.1) is 18.1 Å². The summed E-state index contributed by atoms with van der Waals surface area (Å²) >= 11 is 0. The second kappa shape index (κ2) is 69.2. The van der Waals surface area contributed by atoms with Gasteiger partial charge >= 0.3 is 0 Å². The smallest absolute Gasteiger partial charge is 0.188 e. The molecule has 11 saturated carbocycles. The molecule has 1 atom stereocenters. The number of nitrogens with two attached hydrogens (primary N) is 14. The van der Waals surface area contributed by atoms with Gasteiger partial charge in [-0.25, -0.2) is 0 Å². The summed E-state index contributed by atoms with van der Waals surface area (Å²) in [6, 6.07) is 4.94. The van der Waals surface area contributed by atoms with Crippen LogP contribution in [0.1, 0.15) is 508 Å². The topological polar surface area (TPSA) is 453 Å². The van der Waals surface area contributed by atoms with Gasteiger partial charge in [-0.05, 0) is 382 Å². The maximum Gasteiger partial charge on any atom is 0.188 e. The lowest BCUT2D eigenvalue weighted by Gasteiger charge is -2.58. The molecule has 0 radical (unpaired) electrons. The standard InChI is InChI=1S/2C10H21N3.C10H19N.5C10H21N.C9H19N.2C6H13N3.2C5H11N.4C2H6/c1-10(2,3)6-7-4-8(5-7)13-9(11)12;1-10(2,3)5-4-8-6-13(7-8)9(11)12;1-9(2,3)8-4-10(5-8)6-11-7-10;5*1-10(2,3)5-4-8-6-9(11)7-8;1-9(2,3)6-7-4-8(10)5-7;2*1-4-2-5(3-4)9-6(7)8;1-4-2-5(6)3-4;1-5-2-3-6-4-5;4*1-2/h7-8H,4-6H2,1-3H3,(H4,11,12,13);8H,4-7H2,1-3H3,(H3,11,12);8,11H,4-7H2,1-3H3;5*8-9H,4-7,11H2,1-3H3;7-8H,4-6,10H2,1-3H3;2*4-5H,2-3H2,1H3,(H4,7,8,9);4-5H,2-3,6H2,1H3;5-6H,2-4H2,1H3;4*1-2H3/t;;;;;;;;;;;;5-;;;;/m............0..../s1. The van der Waals surface area contributed by atoms with Crippen LogP contribution in [0.3, 0.4) is 0 Å². The molecule has 140 heavy (non-hydrogen) atoms. The molecular weight excluding hydrogens is 1720 g/mol. The Morgan fingerprint density at radius 3 is 0.664 bits per heavy atom. The molecule has 3 heterocycles. The summed E-state index contributed by atoms with van der Waals surface area (Å²) < 4.78 is 0. The van der Waals surface area contributed by atoms with E-state index in [1.165, 1.54) is 225 Å². The van der Waals surface area contributed by atoms with E-state index < -0.39 is 0 Å². The van der Waals surface area contributed by atoms with Gasteiger partial charge in [0.1, 0.15) is 0 Å². The van der Waals surface area contributed by atoms with Crippen LogP contribution in [0.15, 0.2) is 15.0 Å². The highest BCUT2D eigenvalue weighted by Gasteiger charge is 2.51. The van der Waals surface area contributed by atoms with Crippen molar-refractivity contribution >= 4 is 23.8 Å². The Bertz CT molecular complexity index is 2840. The minimum absolute atomic E-state index is 0.229. The van der Waals surface area contributed by atoms with E-state index in [1.807, 2.05) is 60.3 Å². The minimum Gasteiger partial charge on any atom is -0.370 e. The third-order valence-electron chi connectivity index (χ3n) is 29.8. The Hall–Kier alpha value is -3.28. The van der Waals surface area contributed by atoms with E-state index in [0.29, 0.717) is 109 Å². The Balaban J connectivity index is -0.00000145. The van der Waals surface area contributed by atoms with Gasteiger partial charge < -0.3 is 95.8 Å². The van der Waals surface area contributed by atoms with Gasteiger partial charge in [-0.15, -0.1) is 0 Å². The van der Waals surface area contributed by atoms with Crippen molar-refractivity contribution in [2.45, 2.75) is 568 Å². The van der Waals surface area contributed by atoms with Crippen molar-refractivity contribution < 1.29 is 0 Å². The molecule has 3 aliphatic heterocycles. The van der Waals surface area contributed by atoms with E-state index in [9.17, 15) is 0 Å². The number of likely N-dealkylation sites (tertiary alicyclic amines) is 1. The Morgan fingerprint density at radius 1 is 0.293 bits per heavy atom. The van der Waals surface area contributed by atoms with E-state index >= 15 is 0 Å². The minimum atomic E-state index is 0.229. The summed E-state index contributed by atoms with van der Waals surface area (Å²) in [5.74, 6) is 12.7. The number of guanidine groups is 4. The van der Waals surface area contributed by atoms with Crippen molar-refractivity contribution in [3.63, 3.8) is 0 Å². The zero-order valence-corrected chi connectivity index (χ0v) is 101. The van der Waals surface area contributed by atoms with Gasteiger partial charge in [-0.1, -0.05) is 270 Å². The molecule has 3 saturated heterocycles. The van der Waals surface area contributed by atoms with Crippen LogP contribution < -0.4 is 90.9 Å². The molecule has 0 unspecified atom stereocenters. The Labute approximate surface area is 873 Å². The molecule has 1 spiro atoms. The summed E-state index contributed by atoms with van der Waals surface area (Å²) in [5, 5.41) is 13.8. The summed E-state index contributed by atoms with van der Waals surface area (Å²) in [6.07, 6.45) is 47.9. The summed E-state index contributed by atoms with van der Waals surface area (Å²) in [7, 11) is 0. The van der Waals surface area contributed by atoms with Crippen molar-refractivity contribution in [2.24, 2.45) is 226 Å². The summed E-state index contributed by atoms with van der Waals surface area (Å²) in [4.78, 5) is 14.1. The second-order valence-electron chi connectivity index (χ2n) is 57.0. The number of nitrogens with one attached hydrogen (secondary N) is 3. The molecule has 21 heteroatoms. The van der Waals surface area contributed by atoms with E-state index in [4.69, 9.17) is 85.7 Å². The third-order valence-corrected chi connectivity index (χ3v) is 29.8. The van der Waals surface area contributed by atoms with Crippen molar-refractivity contribution in [2.75, 3.05) is 39.3 Å².